The first-order valence-corrected chi connectivity index (χ1v) is 7.81. The molecule has 0 heterocycles. The van der Waals surface area contributed by atoms with E-state index in [1.807, 2.05) is 5.32 Å². The van der Waals surface area contributed by atoms with Gasteiger partial charge in [-0.3, -0.25) is 14.4 Å². The Labute approximate surface area is 157 Å². The van der Waals surface area contributed by atoms with Crippen molar-refractivity contribution in [1.82, 2.24) is 5.32 Å². The van der Waals surface area contributed by atoms with Crippen molar-refractivity contribution in [1.29, 1.82) is 0 Å². The minimum Gasteiger partial charge on any atom is -0.480 e. The average Bonchev–Trinajstić information content (AvgIpc) is 2.64. The number of carbonyl (C=O) groups is 4. The van der Waals surface area contributed by atoms with Crippen molar-refractivity contribution in [2.24, 2.45) is 11.8 Å². The third-order valence-electron chi connectivity index (χ3n) is 3.99. The molecule has 0 spiro atoms. The van der Waals surface area contributed by atoms with Crippen LogP contribution in [-0.2, 0) is 30.0 Å². The summed E-state index contributed by atoms with van der Waals surface area (Å²) in [7, 11) is 1.91. The molecule has 0 aliphatic rings. The fourth-order valence-electron chi connectivity index (χ4n) is 2.54. The van der Waals surface area contributed by atoms with E-state index in [9.17, 15) is 37.5 Å². The molecule has 2 N–H and O–H groups in total. The van der Waals surface area contributed by atoms with Crippen LogP contribution in [0.2, 0.25) is 0 Å². The van der Waals surface area contributed by atoms with E-state index in [0.717, 1.165) is 33.3 Å². The van der Waals surface area contributed by atoms with Crippen molar-refractivity contribution in [2.45, 2.75) is 19.1 Å². The number of nitrogens with one attached hydrogen (secondary N) is 1. The van der Waals surface area contributed by atoms with Crippen LogP contribution in [0.15, 0.2) is 24.3 Å². The van der Waals surface area contributed by atoms with Crippen molar-refractivity contribution in [3.63, 3.8) is 0 Å². The van der Waals surface area contributed by atoms with Gasteiger partial charge in [0.25, 0.3) is 5.91 Å². The molecule has 0 saturated heterocycles. The van der Waals surface area contributed by atoms with Crippen molar-refractivity contribution in [3.05, 3.63) is 35.4 Å². The Kier molecular flexibility index (Phi) is 7.53. The zero-order valence-electron chi connectivity index (χ0n) is 15.1. The number of carbonyl (C=O) groups excluding carboxylic acids is 3. The van der Waals surface area contributed by atoms with Crippen LogP contribution in [0, 0.1) is 11.8 Å². The predicted molar refractivity (Wildman–Crippen MR) is 87.0 cm³/mol. The van der Waals surface area contributed by atoms with Gasteiger partial charge < -0.3 is 19.9 Å². The van der Waals surface area contributed by atoms with Crippen LogP contribution < -0.4 is 5.32 Å². The lowest BCUT2D eigenvalue weighted by atomic mass is 9.87. The average molecular weight is 405 g/mol. The first-order valence-electron chi connectivity index (χ1n) is 7.81. The molecule has 154 valence electrons. The fraction of sp³-hybridized carbons (Fsp3) is 0.412. The number of benzene rings is 1. The van der Waals surface area contributed by atoms with Gasteiger partial charge >= 0.3 is 24.1 Å². The number of amides is 1. The second-order valence-electron chi connectivity index (χ2n) is 5.72. The monoisotopic (exact) mass is 405 g/mol. The molecule has 1 aromatic carbocycles. The van der Waals surface area contributed by atoms with Gasteiger partial charge in [0.2, 0.25) is 0 Å². The number of hydrogen-bond acceptors (Lipinski definition) is 6. The molecule has 1 rings (SSSR count). The predicted octanol–water partition coefficient (Wildman–Crippen LogP) is 1.49. The Bertz CT molecular complexity index is 747. The van der Waals surface area contributed by atoms with Crippen LogP contribution in [0.1, 0.15) is 22.8 Å². The summed E-state index contributed by atoms with van der Waals surface area (Å²) in [4.78, 5) is 47.6. The molecule has 1 aromatic rings. The van der Waals surface area contributed by atoms with E-state index < -0.39 is 59.0 Å². The lowest BCUT2D eigenvalue weighted by Gasteiger charge is -2.26. The van der Waals surface area contributed by atoms with Crippen molar-refractivity contribution < 1.29 is 46.9 Å². The van der Waals surface area contributed by atoms with Crippen molar-refractivity contribution in [2.75, 3.05) is 14.2 Å². The number of carboxylic acids is 1. The van der Waals surface area contributed by atoms with Gasteiger partial charge in [-0.1, -0.05) is 19.1 Å². The van der Waals surface area contributed by atoms with E-state index in [0.29, 0.717) is 6.07 Å². The summed E-state index contributed by atoms with van der Waals surface area (Å²) < 4.78 is 48.1. The standard InChI is InChI=1S/C17H18F3NO7/c1-8(11(15(25)27-2)16(26)28-3)12(14(23)24)21-13(22)9-6-4-5-7-10(9)17(18,19)20/h4-8,11-12H,1-3H3,(H,21,22)(H,23,24)/t8-,12+/m1/s1. The molecule has 2 atom stereocenters. The van der Waals surface area contributed by atoms with Crippen LogP contribution in [0.25, 0.3) is 0 Å². The lowest BCUT2D eigenvalue weighted by molar-refractivity contribution is -0.162. The highest BCUT2D eigenvalue weighted by atomic mass is 19.4. The summed E-state index contributed by atoms with van der Waals surface area (Å²) in [6.45, 7) is 1.15. The summed E-state index contributed by atoms with van der Waals surface area (Å²) >= 11 is 0. The van der Waals surface area contributed by atoms with Gasteiger partial charge in [0, 0.05) is 5.92 Å². The maximum absolute atomic E-state index is 13.1. The zero-order valence-corrected chi connectivity index (χ0v) is 15.1. The normalized spacial score (nSPS) is 13.4. The van der Waals surface area contributed by atoms with Gasteiger partial charge in [-0.05, 0) is 12.1 Å². The summed E-state index contributed by atoms with van der Waals surface area (Å²) in [5, 5.41) is 11.3. The summed E-state index contributed by atoms with van der Waals surface area (Å²) in [6.07, 6.45) is -4.85. The molecule has 0 aliphatic carbocycles. The van der Waals surface area contributed by atoms with E-state index >= 15 is 0 Å². The minimum absolute atomic E-state index is 0.666. The second kappa shape index (κ2) is 9.20. The van der Waals surface area contributed by atoms with E-state index in [-0.39, 0.29) is 0 Å². The smallest absolute Gasteiger partial charge is 0.417 e. The Morgan fingerprint density at radius 1 is 1.04 bits per heavy atom. The zero-order chi connectivity index (χ0) is 21.6. The largest absolute Gasteiger partial charge is 0.480 e. The van der Waals surface area contributed by atoms with Gasteiger partial charge in [-0.2, -0.15) is 13.2 Å². The topological polar surface area (TPSA) is 119 Å². The molecule has 0 aromatic heterocycles. The molecular formula is C17H18F3NO7. The maximum Gasteiger partial charge on any atom is 0.417 e. The second-order valence-corrected chi connectivity index (χ2v) is 5.72. The number of rotatable bonds is 7. The third-order valence-corrected chi connectivity index (χ3v) is 3.99. The number of esters is 2. The third kappa shape index (κ3) is 5.21. The quantitative estimate of drug-likeness (QED) is 0.521. The SMILES string of the molecule is COC(=O)C(C(=O)OC)[C@@H](C)[C@H](NC(=O)c1ccccc1C(F)(F)F)C(=O)O. The molecule has 28 heavy (non-hydrogen) atoms. The molecule has 0 aliphatic heterocycles. The number of aliphatic carboxylic acids is 1. The van der Waals surface area contributed by atoms with Crippen LogP contribution >= 0.6 is 0 Å². The van der Waals surface area contributed by atoms with Crippen LogP contribution in [0.3, 0.4) is 0 Å². The summed E-state index contributed by atoms with van der Waals surface area (Å²) in [5.74, 6) is -8.33. The molecule has 1 amide bonds. The van der Waals surface area contributed by atoms with Gasteiger partial charge in [0.1, 0.15) is 6.04 Å². The van der Waals surface area contributed by atoms with E-state index in [4.69, 9.17) is 0 Å². The van der Waals surface area contributed by atoms with Gasteiger partial charge in [-0.25, -0.2) is 4.79 Å². The molecule has 0 unspecified atom stereocenters. The number of methoxy groups -OCH3 is 2. The first kappa shape index (κ1) is 22.9. The minimum atomic E-state index is -4.85. The van der Waals surface area contributed by atoms with Gasteiger partial charge in [0.15, 0.2) is 5.92 Å². The highest BCUT2D eigenvalue weighted by Crippen LogP contribution is 2.32. The number of carboxylic acid groups (broad SMARTS) is 1. The van der Waals surface area contributed by atoms with Crippen LogP contribution in [0.5, 0.6) is 0 Å². The number of halogens is 3. The molecule has 11 heteroatoms. The van der Waals surface area contributed by atoms with Gasteiger partial charge in [0.05, 0.1) is 25.3 Å². The van der Waals surface area contributed by atoms with E-state index in [1.54, 1.807) is 0 Å². The lowest BCUT2D eigenvalue weighted by Crippen LogP contribution is -2.50. The van der Waals surface area contributed by atoms with Crippen LogP contribution in [0.4, 0.5) is 13.2 Å². The Morgan fingerprint density at radius 2 is 1.54 bits per heavy atom. The van der Waals surface area contributed by atoms with Crippen molar-refractivity contribution in [3.8, 4) is 0 Å². The maximum atomic E-state index is 13.1. The Morgan fingerprint density at radius 3 is 1.96 bits per heavy atom. The van der Waals surface area contributed by atoms with Crippen molar-refractivity contribution >= 4 is 23.8 Å². The number of hydrogen-bond donors (Lipinski definition) is 2. The number of ether oxygens (including phenoxy) is 2. The molecule has 8 nitrogen and oxygen atoms in total. The Balaban J connectivity index is 3.24. The van der Waals surface area contributed by atoms with E-state index in [1.165, 1.54) is 6.07 Å². The fourth-order valence-corrected chi connectivity index (χ4v) is 2.54. The van der Waals surface area contributed by atoms with E-state index in [2.05, 4.69) is 9.47 Å². The molecule has 0 fully saturated rings. The summed E-state index contributed by atoms with van der Waals surface area (Å²) in [6, 6.07) is 1.91. The number of alkyl halides is 3. The first-order chi connectivity index (χ1) is 12.9. The summed E-state index contributed by atoms with van der Waals surface area (Å²) in [5.41, 5.74) is -2.07. The highest BCUT2D eigenvalue weighted by molar-refractivity contribution is 5.99. The van der Waals surface area contributed by atoms with Gasteiger partial charge in [-0.15, -0.1) is 0 Å². The molecule has 0 saturated carbocycles. The molecule has 0 radical (unpaired) electrons. The highest BCUT2D eigenvalue weighted by Gasteiger charge is 2.43. The molecule has 0 bridgehead atoms. The Hall–Kier alpha value is -3.11. The van der Waals surface area contributed by atoms with Crippen LogP contribution in [-0.4, -0.2) is 49.2 Å². The molecular weight excluding hydrogens is 387 g/mol.